The Morgan fingerprint density at radius 1 is 1.36 bits per heavy atom. The highest BCUT2D eigenvalue weighted by Gasteiger charge is 2.33. The van der Waals surface area contributed by atoms with Crippen LogP contribution in [0.1, 0.15) is 24.3 Å². The van der Waals surface area contributed by atoms with Crippen molar-refractivity contribution in [2.45, 2.75) is 24.8 Å². The third kappa shape index (κ3) is 5.13. The van der Waals surface area contributed by atoms with Gasteiger partial charge in [-0.2, -0.15) is 0 Å². The Kier molecular flexibility index (Phi) is 8.17. The molecule has 5 heteroatoms. The summed E-state index contributed by atoms with van der Waals surface area (Å²) in [6, 6.07) is 10.2. The van der Waals surface area contributed by atoms with E-state index < -0.39 is 0 Å². The number of benzene rings is 1. The van der Waals surface area contributed by atoms with Crippen molar-refractivity contribution in [3.63, 3.8) is 0 Å². The molecule has 1 amide bonds. The fraction of sp³-hybridized carbons (Fsp3) is 0.471. The van der Waals surface area contributed by atoms with Crippen molar-refractivity contribution in [2.75, 3.05) is 26.3 Å². The summed E-state index contributed by atoms with van der Waals surface area (Å²) in [5.41, 5.74) is 7.42. The minimum absolute atomic E-state index is 0. The van der Waals surface area contributed by atoms with Gasteiger partial charge in [-0.05, 0) is 12.0 Å². The van der Waals surface area contributed by atoms with E-state index in [1.165, 1.54) is 5.56 Å². The van der Waals surface area contributed by atoms with Crippen LogP contribution < -0.4 is 5.73 Å². The predicted molar refractivity (Wildman–Crippen MR) is 91.2 cm³/mol. The second kappa shape index (κ2) is 9.62. The molecule has 0 bridgehead atoms. The largest absolute Gasteiger partial charge is 0.377 e. The molecule has 1 heterocycles. The van der Waals surface area contributed by atoms with Gasteiger partial charge in [0, 0.05) is 38.1 Å². The molecule has 1 aromatic carbocycles. The van der Waals surface area contributed by atoms with Crippen LogP contribution in [-0.4, -0.2) is 43.2 Å². The number of carbonyl (C=O) groups is 1. The molecule has 4 nitrogen and oxygen atoms in total. The van der Waals surface area contributed by atoms with Crippen molar-refractivity contribution < 1.29 is 9.53 Å². The second-order valence-electron chi connectivity index (χ2n) is 5.45. The molecule has 0 saturated carbocycles. The number of halogens is 1. The number of carbonyl (C=O) groups excluding carboxylic acids is 1. The Morgan fingerprint density at radius 3 is 2.77 bits per heavy atom. The number of ether oxygens (including phenoxy) is 1. The Bertz CT molecular complexity index is 467. The highest BCUT2D eigenvalue weighted by molar-refractivity contribution is 5.85. The summed E-state index contributed by atoms with van der Waals surface area (Å²) >= 11 is 0. The zero-order chi connectivity index (χ0) is 15.1. The summed E-state index contributed by atoms with van der Waals surface area (Å²) in [4.78, 5) is 14.1. The molecule has 22 heavy (non-hydrogen) atoms. The first-order valence-electron chi connectivity index (χ1n) is 7.49. The fourth-order valence-corrected chi connectivity index (χ4v) is 2.74. The molecule has 2 rings (SSSR count). The van der Waals surface area contributed by atoms with E-state index in [4.69, 9.17) is 10.5 Å². The number of nitrogens with zero attached hydrogens (tertiary/aromatic N) is 1. The van der Waals surface area contributed by atoms with Gasteiger partial charge in [0.15, 0.2) is 0 Å². The monoisotopic (exact) mass is 324 g/mol. The molecule has 2 N–H and O–H groups in total. The normalized spacial score (nSPS) is 20.5. The van der Waals surface area contributed by atoms with Crippen LogP contribution in [0, 0.1) is 0 Å². The predicted octanol–water partition coefficient (Wildman–Crippen LogP) is 2.34. The van der Waals surface area contributed by atoms with Gasteiger partial charge in [-0.1, -0.05) is 36.4 Å². The molecule has 0 radical (unpaired) electrons. The first kappa shape index (κ1) is 18.7. The summed E-state index contributed by atoms with van der Waals surface area (Å²) in [5.74, 6) is 0.415. The number of rotatable bonds is 7. The van der Waals surface area contributed by atoms with Crippen LogP contribution in [0.4, 0.5) is 0 Å². The van der Waals surface area contributed by atoms with E-state index in [2.05, 4.69) is 18.7 Å². The molecule has 1 fully saturated rings. The van der Waals surface area contributed by atoms with Gasteiger partial charge >= 0.3 is 0 Å². The van der Waals surface area contributed by atoms with Gasteiger partial charge in [0.25, 0.3) is 0 Å². The lowest BCUT2D eigenvalue weighted by Gasteiger charge is -2.16. The van der Waals surface area contributed by atoms with E-state index in [9.17, 15) is 4.79 Å². The molecule has 2 atom stereocenters. The molecule has 1 aliphatic rings. The molecular weight excluding hydrogens is 300 g/mol. The topological polar surface area (TPSA) is 55.6 Å². The van der Waals surface area contributed by atoms with Gasteiger partial charge in [-0.3, -0.25) is 4.79 Å². The van der Waals surface area contributed by atoms with Gasteiger partial charge in [-0.15, -0.1) is 19.0 Å². The number of hydrogen-bond acceptors (Lipinski definition) is 3. The lowest BCUT2D eigenvalue weighted by atomic mass is 9.95. The highest BCUT2D eigenvalue weighted by atomic mass is 35.5. The first-order valence-corrected chi connectivity index (χ1v) is 7.49. The fourth-order valence-electron chi connectivity index (χ4n) is 2.74. The van der Waals surface area contributed by atoms with Crippen molar-refractivity contribution in [3.8, 4) is 0 Å². The SMILES string of the molecule is C=CCOCCCC(=O)N1C[C@@H](N)[C@H](c2ccccc2)C1.Cl. The van der Waals surface area contributed by atoms with Crippen molar-refractivity contribution >= 4 is 18.3 Å². The zero-order valence-corrected chi connectivity index (χ0v) is 13.6. The summed E-state index contributed by atoms with van der Waals surface area (Å²) in [6.45, 7) is 6.09. The maximum atomic E-state index is 12.2. The van der Waals surface area contributed by atoms with Crippen molar-refractivity contribution in [3.05, 3.63) is 48.6 Å². The minimum Gasteiger partial charge on any atom is -0.377 e. The molecule has 0 aliphatic carbocycles. The van der Waals surface area contributed by atoms with Crippen LogP contribution in [0.25, 0.3) is 0 Å². The van der Waals surface area contributed by atoms with E-state index >= 15 is 0 Å². The molecule has 1 aliphatic heterocycles. The van der Waals surface area contributed by atoms with E-state index in [0.29, 0.717) is 26.2 Å². The van der Waals surface area contributed by atoms with Crippen LogP contribution in [0.5, 0.6) is 0 Å². The average Bonchev–Trinajstić information content (AvgIpc) is 2.90. The van der Waals surface area contributed by atoms with Crippen molar-refractivity contribution in [1.82, 2.24) is 4.90 Å². The molecule has 122 valence electrons. The van der Waals surface area contributed by atoms with Crippen LogP contribution in [-0.2, 0) is 9.53 Å². The maximum absolute atomic E-state index is 12.2. The smallest absolute Gasteiger partial charge is 0.222 e. The van der Waals surface area contributed by atoms with Crippen molar-refractivity contribution in [1.29, 1.82) is 0 Å². The van der Waals surface area contributed by atoms with E-state index in [-0.39, 0.29) is 30.3 Å². The molecule has 1 aromatic rings. The Hall–Kier alpha value is -1.36. The highest BCUT2D eigenvalue weighted by Crippen LogP contribution is 2.26. The number of hydrogen-bond donors (Lipinski definition) is 1. The minimum atomic E-state index is 0. The quantitative estimate of drug-likeness (QED) is 0.618. The zero-order valence-electron chi connectivity index (χ0n) is 12.8. The molecule has 1 saturated heterocycles. The lowest BCUT2D eigenvalue weighted by Crippen LogP contribution is -2.32. The third-order valence-corrected chi connectivity index (χ3v) is 3.86. The third-order valence-electron chi connectivity index (χ3n) is 3.86. The van der Waals surface area contributed by atoms with Crippen LogP contribution >= 0.6 is 12.4 Å². The Labute approximate surface area is 138 Å². The lowest BCUT2D eigenvalue weighted by molar-refractivity contribution is -0.130. The van der Waals surface area contributed by atoms with Crippen molar-refractivity contribution in [2.24, 2.45) is 5.73 Å². The number of amides is 1. The average molecular weight is 325 g/mol. The summed E-state index contributed by atoms with van der Waals surface area (Å²) in [6.07, 6.45) is 2.98. The van der Waals surface area contributed by atoms with Gasteiger partial charge < -0.3 is 15.4 Å². The maximum Gasteiger partial charge on any atom is 0.222 e. The first-order chi connectivity index (χ1) is 10.2. The Balaban J connectivity index is 0.00000242. The summed E-state index contributed by atoms with van der Waals surface area (Å²) in [7, 11) is 0. The van der Waals surface area contributed by atoms with Gasteiger partial charge in [0.1, 0.15) is 0 Å². The molecule has 0 unspecified atom stereocenters. The summed E-state index contributed by atoms with van der Waals surface area (Å²) in [5, 5.41) is 0. The van der Waals surface area contributed by atoms with Gasteiger partial charge in [0.05, 0.1) is 6.61 Å². The summed E-state index contributed by atoms with van der Waals surface area (Å²) < 4.78 is 5.29. The molecule has 0 spiro atoms. The van der Waals surface area contributed by atoms with Gasteiger partial charge in [-0.25, -0.2) is 0 Å². The number of likely N-dealkylation sites (tertiary alicyclic amines) is 1. The van der Waals surface area contributed by atoms with Crippen LogP contribution in [0.15, 0.2) is 43.0 Å². The van der Waals surface area contributed by atoms with E-state index in [0.717, 1.165) is 13.0 Å². The second-order valence-corrected chi connectivity index (χ2v) is 5.45. The standard InChI is InChI=1S/C17H24N2O2.ClH/c1-2-10-21-11-6-9-17(20)19-12-15(16(18)13-19)14-7-4-3-5-8-14;/h2-5,7-8,15-16H,1,6,9-13,18H2;1H/t15-,16+;/m0./s1. The molecular formula is C17H25ClN2O2. The van der Waals surface area contributed by atoms with E-state index in [1.54, 1.807) is 6.08 Å². The van der Waals surface area contributed by atoms with Crippen LogP contribution in [0.3, 0.4) is 0 Å². The van der Waals surface area contributed by atoms with Gasteiger partial charge in [0.2, 0.25) is 5.91 Å². The Morgan fingerprint density at radius 2 is 2.09 bits per heavy atom. The number of nitrogens with two attached hydrogens (primary N) is 1. The molecule has 0 aromatic heterocycles. The van der Waals surface area contributed by atoms with Crippen LogP contribution in [0.2, 0.25) is 0 Å². The van der Waals surface area contributed by atoms with E-state index in [1.807, 2.05) is 23.1 Å².